The molecule has 1 aromatic heterocycles. The monoisotopic (exact) mass is 437 g/mol. The van der Waals surface area contributed by atoms with Crippen molar-refractivity contribution in [3.8, 4) is 11.5 Å². The number of nitrogens with zero attached hydrogens (tertiary/aromatic N) is 2. The highest BCUT2D eigenvalue weighted by molar-refractivity contribution is 5.83. The average Bonchev–Trinajstić information content (AvgIpc) is 3.22. The molecule has 2 aromatic carbocycles. The van der Waals surface area contributed by atoms with Gasteiger partial charge >= 0.3 is 0 Å². The second-order valence-corrected chi connectivity index (χ2v) is 7.85. The van der Waals surface area contributed by atoms with Crippen LogP contribution in [0.3, 0.4) is 0 Å². The summed E-state index contributed by atoms with van der Waals surface area (Å²) in [7, 11) is 7.43. The van der Waals surface area contributed by atoms with Gasteiger partial charge in [-0.2, -0.15) is 0 Å². The minimum Gasteiger partial charge on any atom is -0.493 e. The molecular formula is C25H35N5O2. The standard InChI is InChI=1S/C25H35N5O2/c1-6-26-25(27-14-13-19-16-28-21-10-8-7-9-20(19)21)29-17-22(30(2)3)18-11-12-23(31-4)24(15-18)32-5/h7-12,15-16,22,28H,6,13-14,17H2,1-5H3,(H2,26,27,29). The zero-order valence-electron chi connectivity index (χ0n) is 19.7. The number of hydrogen-bond acceptors (Lipinski definition) is 4. The number of guanidine groups is 1. The molecule has 0 amide bonds. The molecule has 7 heteroatoms. The van der Waals surface area contributed by atoms with Crippen LogP contribution in [-0.4, -0.2) is 63.8 Å². The summed E-state index contributed by atoms with van der Waals surface area (Å²) in [5, 5.41) is 8.10. The molecule has 1 heterocycles. The second kappa shape index (κ2) is 11.4. The highest BCUT2D eigenvalue weighted by Gasteiger charge is 2.17. The van der Waals surface area contributed by atoms with Gasteiger partial charge in [-0.1, -0.05) is 24.3 Å². The van der Waals surface area contributed by atoms with Crippen molar-refractivity contribution in [1.82, 2.24) is 20.5 Å². The van der Waals surface area contributed by atoms with Gasteiger partial charge in [-0.15, -0.1) is 0 Å². The summed E-state index contributed by atoms with van der Waals surface area (Å²) >= 11 is 0. The SMILES string of the molecule is CCNC(=NCC(c1ccc(OC)c(OC)c1)N(C)C)NCCc1c[nH]c2ccccc12. The van der Waals surface area contributed by atoms with E-state index in [0.717, 1.165) is 42.5 Å². The number of fused-ring (bicyclic) bond motifs is 1. The summed E-state index contributed by atoms with van der Waals surface area (Å²) in [6, 6.07) is 14.5. The van der Waals surface area contributed by atoms with Crippen molar-refractivity contribution in [3.63, 3.8) is 0 Å². The predicted octanol–water partition coefficient (Wildman–Crippen LogP) is 3.59. The number of aliphatic imine (C=N–C) groups is 1. The number of likely N-dealkylation sites (N-methyl/N-ethyl adjacent to an activating group) is 1. The van der Waals surface area contributed by atoms with E-state index in [2.05, 4.69) is 78.1 Å². The number of rotatable bonds is 10. The van der Waals surface area contributed by atoms with Crippen molar-refractivity contribution in [2.75, 3.05) is 47.9 Å². The van der Waals surface area contributed by atoms with Crippen LogP contribution in [0.4, 0.5) is 0 Å². The van der Waals surface area contributed by atoms with Gasteiger partial charge in [0, 0.05) is 30.2 Å². The first kappa shape index (κ1) is 23.5. The molecule has 0 saturated heterocycles. The van der Waals surface area contributed by atoms with E-state index in [1.54, 1.807) is 14.2 Å². The number of methoxy groups -OCH3 is 2. The maximum Gasteiger partial charge on any atom is 0.191 e. The van der Waals surface area contributed by atoms with Gasteiger partial charge in [-0.05, 0) is 56.8 Å². The summed E-state index contributed by atoms with van der Waals surface area (Å²) < 4.78 is 10.9. The second-order valence-electron chi connectivity index (χ2n) is 7.85. The third kappa shape index (κ3) is 5.73. The molecule has 0 aliphatic heterocycles. The summed E-state index contributed by atoms with van der Waals surface area (Å²) in [6.45, 7) is 4.30. The van der Waals surface area contributed by atoms with Crippen LogP contribution in [0.2, 0.25) is 0 Å². The maximum absolute atomic E-state index is 5.48. The topological polar surface area (TPSA) is 73.9 Å². The number of nitrogens with one attached hydrogen (secondary N) is 3. The van der Waals surface area contributed by atoms with Crippen molar-refractivity contribution in [2.24, 2.45) is 4.99 Å². The molecule has 32 heavy (non-hydrogen) atoms. The summed E-state index contributed by atoms with van der Waals surface area (Å²) in [4.78, 5) is 10.4. The van der Waals surface area contributed by atoms with Gasteiger partial charge < -0.3 is 30.0 Å². The van der Waals surface area contributed by atoms with Crippen LogP contribution in [0.5, 0.6) is 11.5 Å². The van der Waals surface area contributed by atoms with Crippen molar-refractivity contribution >= 4 is 16.9 Å². The third-order valence-corrected chi connectivity index (χ3v) is 5.54. The molecule has 0 spiro atoms. The number of hydrogen-bond donors (Lipinski definition) is 3. The lowest BCUT2D eigenvalue weighted by molar-refractivity contribution is 0.303. The normalized spacial score (nSPS) is 12.8. The first-order valence-corrected chi connectivity index (χ1v) is 11.0. The number of aromatic nitrogens is 1. The number of para-hydroxylation sites is 1. The minimum atomic E-state index is 0.110. The Bertz CT molecular complexity index is 1030. The number of H-pyrrole nitrogens is 1. The molecule has 3 N–H and O–H groups in total. The van der Waals surface area contributed by atoms with Crippen LogP contribution in [0.25, 0.3) is 10.9 Å². The zero-order valence-corrected chi connectivity index (χ0v) is 19.7. The molecule has 0 radical (unpaired) electrons. The Labute approximate surface area is 190 Å². The van der Waals surface area contributed by atoms with Crippen LogP contribution in [0, 0.1) is 0 Å². The quantitative estimate of drug-likeness (QED) is 0.334. The predicted molar refractivity (Wildman–Crippen MR) is 132 cm³/mol. The van der Waals surface area contributed by atoms with E-state index >= 15 is 0 Å². The molecule has 3 rings (SSSR count). The lowest BCUT2D eigenvalue weighted by Gasteiger charge is -2.24. The van der Waals surface area contributed by atoms with Gasteiger partial charge in [0.2, 0.25) is 0 Å². The molecule has 0 bridgehead atoms. The Kier molecular flexibility index (Phi) is 8.39. The lowest BCUT2D eigenvalue weighted by atomic mass is 10.1. The fourth-order valence-electron chi connectivity index (χ4n) is 3.80. The largest absolute Gasteiger partial charge is 0.493 e. The van der Waals surface area contributed by atoms with Crippen molar-refractivity contribution in [1.29, 1.82) is 0 Å². The molecule has 0 fully saturated rings. The van der Waals surface area contributed by atoms with Crippen LogP contribution in [-0.2, 0) is 6.42 Å². The van der Waals surface area contributed by atoms with E-state index < -0.39 is 0 Å². The smallest absolute Gasteiger partial charge is 0.191 e. The number of benzene rings is 2. The molecule has 3 aromatic rings. The van der Waals surface area contributed by atoms with Crippen LogP contribution < -0.4 is 20.1 Å². The van der Waals surface area contributed by atoms with Gasteiger partial charge in [0.05, 0.1) is 26.8 Å². The lowest BCUT2D eigenvalue weighted by Crippen LogP contribution is -2.39. The van der Waals surface area contributed by atoms with Gasteiger partial charge in [0.25, 0.3) is 0 Å². The van der Waals surface area contributed by atoms with E-state index in [1.807, 2.05) is 12.1 Å². The molecule has 7 nitrogen and oxygen atoms in total. The Balaban J connectivity index is 1.67. The highest BCUT2D eigenvalue weighted by atomic mass is 16.5. The summed E-state index contributed by atoms with van der Waals surface area (Å²) in [5.41, 5.74) is 3.61. The minimum absolute atomic E-state index is 0.110. The van der Waals surface area contributed by atoms with E-state index in [4.69, 9.17) is 14.5 Å². The van der Waals surface area contributed by atoms with Gasteiger partial charge in [0.1, 0.15) is 0 Å². The Morgan fingerprint density at radius 1 is 1.06 bits per heavy atom. The first-order chi connectivity index (χ1) is 15.6. The summed E-state index contributed by atoms with van der Waals surface area (Å²) in [6.07, 6.45) is 3.01. The van der Waals surface area contributed by atoms with Gasteiger partial charge in [-0.25, -0.2) is 0 Å². The van der Waals surface area contributed by atoms with Gasteiger partial charge in [0.15, 0.2) is 17.5 Å². The maximum atomic E-state index is 5.48. The van der Waals surface area contributed by atoms with Crippen LogP contribution >= 0.6 is 0 Å². The average molecular weight is 438 g/mol. The number of aromatic amines is 1. The highest BCUT2D eigenvalue weighted by Crippen LogP contribution is 2.31. The molecule has 172 valence electrons. The van der Waals surface area contributed by atoms with E-state index in [1.165, 1.54) is 16.5 Å². The van der Waals surface area contributed by atoms with Crippen LogP contribution in [0.15, 0.2) is 53.7 Å². The Morgan fingerprint density at radius 3 is 2.56 bits per heavy atom. The van der Waals surface area contributed by atoms with Crippen molar-refractivity contribution in [2.45, 2.75) is 19.4 Å². The third-order valence-electron chi connectivity index (χ3n) is 5.54. The fraction of sp³-hybridized carbons (Fsp3) is 0.400. The van der Waals surface area contributed by atoms with E-state index in [9.17, 15) is 0 Å². The molecule has 1 atom stereocenters. The molecule has 0 aliphatic carbocycles. The molecule has 1 unspecified atom stereocenters. The number of ether oxygens (including phenoxy) is 2. The summed E-state index contributed by atoms with van der Waals surface area (Å²) in [5.74, 6) is 2.27. The fourth-order valence-corrected chi connectivity index (χ4v) is 3.80. The molecule has 0 aliphatic rings. The van der Waals surface area contributed by atoms with Crippen molar-refractivity contribution in [3.05, 3.63) is 59.8 Å². The first-order valence-electron chi connectivity index (χ1n) is 11.0. The Morgan fingerprint density at radius 2 is 1.84 bits per heavy atom. The molecular weight excluding hydrogens is 402 g/mol. The van der Waals surface area contributed by atoms with Crippen LogP contribution in [0.1, 0.15) is 24.1 Å². The molecule has 0 saturated carbocycles. The zero-order chi connectivity index (χ0) is 22.9. The Hall–Kier alpha value is -3.19. The van der Waals surface area contributed by atoms with Crippen molar-refractivity contribution < 1.29 is 9.47 Å². The van der Waals surface area contributed by atoms with E-state index in [-0.39, 0.29) is 6.04 Å². The van der Waals surface area contributed by atoms with Gasteiger partial charge in [-0.3, -0.25) is 4.99 Å². The van der Waals surface area contributed by atoms with E-state index in [0.29, 0.717) is 6.54 Å².